The lowest BCUT2D eigenvalue weighted by Crippen LogP contribution is -2.54. The third kappa shape index (κ3) is 4.50. The smallest absolute Gasteiger partial charge is 0.277 e. The molecule has 0 spiro atoms. The maximum absolute atomic E-state index is 14.3. The molecule has 180 valence electrons. The third-order valence-corrected chi connectivity index (χ3v) is 6.75. The highest BCUT2D eigenvalue weighted by atomic mass is 35.5. The molecule has 0 atom stereocenters. The maximum atomic E-state index is 14.3. The third-order valence-electron chi connectivity index (χ3n) is 5.50. The molecule has 4 rings (SSSR count). The van der Waals surface area contributed by atoms with Gasteiger partial charge in [-0.2, -0.15) is 0 Å². The molecule has 1 N–H and O–H groups in total. The SMILES string of the molecule is CCN1CN(CCCOC)C(=O)c2c(O)c(=O)c(-c3nnc(Cc4cccc(Cl)c4F)s3)cn21. The molecule has 0 saturated heterocycles. The van der Waals surface area contributed by atoms with Gasteiger partial charge in [0.1, 0.15) is 17.5 Å². The van der Waals surface area contributed by atoms with E-state index in [0.717, 1.165) is 11.3 Å². The Kier molecular flexibility index (Phi) is 7.15. The molecule has 1 aliphatic rings. The molecule has 3 aromatic rings. The summed E-state index contributed by atoms with van der Waals surface area (Å²) >= 11 is 6.96. The van der Waals surface area contributed by atoms with E-state index >= 15 is 0 Å². The number of carbonyl (C=O) groups excluding carboxylic acids is 1. The van der Waals surface area contributed by atoms with E-state index < -0.39 is 22.9 Å². The zero-order valence-corrected chi connectivity index (χ0v) is 20.2. The highest BCUT2D eigenvalue weighted by molar-refractivity contribution is 7.14. The van der Waals surface area contributed by atoms with E-state index in [1.54, 1.807) is 24.1 Å². The van der Waals surface area contributed by atoms with Gasteiger partial charge in [-0.15, -0.1) is 10.2 Å². The Labute approximate surface area is 203 Å². The van der Waals surface area contributed by atoms with E-state index in [1.807, 2.05) is 11.9 Å². The van der Waals surface area contributed by atoms with E-state index in [1.165, 1.54) is 16.9 Å². The van der Waals surface area contributed by atoms with E-state index in [9.17, 15) is 19.1 Å². The van der Waals surface area contributed by atoms with Crippen molar-refractivity contribution in [3.05, 3.63) is 61.7 Å². The van der Waals surface area contributed by atoms with Crippen molar-refractivity contribution in [2.75, 3.05) is 38.5 Å². The fourth-order valence-electron chi connectivity index (χ4n) is 3.75. The summed E-state index contributed by atoms with van der Waals surface area (Å²) in [6.45, 7) is 3.65. The molecule has 12 heteroatoms. The lowest BCUT2D eigenvalue weighted by Gasteiger charge is -2.39. The largest absolute Gasteiger partial charge is 0.502 e. The standard InChI is InChI=1S/C22H23ClFN5O4S/c1-3-28-12-27(8-5-9-33-2)22(32)18-20(31)19(30)14(11-29(18)28)21-26-25-16(34-21)10-13-6-4-7-15(23)17(13)24/h4,6-7,11,31H,3,5,8-10,12H2,1-2H3. The van der Waals surface area contributed by atoms with Crippen LogP contribution in [0.2, 0.25) is 5.02 Å². The summed E-state index contributed by atoms with van der Waals surface area (Å²) in [5.74, 6) is -1.61. The zero-order valence-electron chi connectivity index (χ0n) is 18.6. The van der Waals surface area contributed by atoms with Gasteiger partial charge in [0.05, 0.1) is 10.6 Å². The lowest BCUT2D eigenvalue weighted by atomic mass is 10.1. The van der Waals surface area contributed by atoms with Crippen molar-refractivity contribution < 1.29 is 19.0 Å². The van der Waals surface area contributed by atoms with Crippen molar-refractivity contribution in [1.82, 2.24) is 19.8 Å². The molecule has 3 heterocycles. The molecule has 1 aromatic carbocycles. The molecular formula is C22H23ClFN5O4S. The number of nitrogens with zero attached hydrogens (tertiary/aromatic N) is 5. The molecule has 9 nitrogen and oxygen atoms in total. The minimum atomic E-state index is -0.717. The number of aromatic hydroxyl groups is 1. The Morgan fingerprint density at radius 1 is 1.29 bits per heavy atom. The number of hydrogen-bond acceptors (Lipinski definition) is 8. The first-order valence-electron chi connectivity index (χ1n) is 10.6. The highest BCUT2D eigenvalue weighted by Gasteiger charge is 2.33. The van der Waals surface area contributed by atoms with Crippen LogP contribution in [0.1, 0.15) is 34.4 Å². The minimum absolute atomic E-state index is 0.0145. The van der Waals surface area contributed by atoms with Gasteiger partial charge in [-0.3, -0.25) is 19.3 Å². The van der Waals surface area contributed by atoms with Gasteiger partial charge < -0.3 is 14.7 Å². The van der Waals surface area contributed by atoms with Crippen LogP contribution in [0.5, 0.6) is 5.75 Å². The number of fused-ring (bicyclic) bond motifs is 1. The summed E-state index contributed by atoms with van der Waals surface area (Å²) in [6.07, 6.45) is 2.28. The summed E-state index contributed by atoms with van der Waals surface area (Å²) in [5, 5.41) is 21.5. The predicted octanol–water partition coefficient (Wildman–Crippen LogP) is 2.86. The first-order chi connectivity index (χ1) is 16.3. The van der Waals surface area contributed by atoms with Gasteiger partial charge in [-0.1, -0.05) is 35.1 Å². The molecule has 1 amide bonds. The molecule has 0 fully saturated rings. The molecule has 0 saturated carbocycles. The van der Waals surface area contributed by atoms with Crippen LogP contribution in [-0.2, 0) is 11.2 Å². The van der Waals surface area contributed by atoms with Crippen molar-refractivity contribution in [3.63, 3.8) is 0 Å². The number of carbonyl (C=O) groups is 1. The summed E-state index contributed by atoms with van der Waals surface area (Å²) in [7, 11) is 1.59. The number of halogens is 2. The van der Waals surface area contributed by atoms with Crippen LogP contribution < -0.4 is 10.4 Å². The second-order valence-corrected chi connectivity index (χ2v) is 9.15. The fraction of sp³-hybridized carbons (Fsp3) is 0.364. The van der Waals surface area contributed by atoms with Crippen LogP contribution in [0.15, 0.2) is 29.2 Å². The van der Waals surface area contributed by atoms with Gasteiger partial charge in [-0.25, -0.2) is 4.39 Å². The Bertz CT molecular complexity index is 1280. The highest BCUT2D eigenvalue weighted by Crippen LogP contribution is 2.29. The summed E-state index contributed by atoms with van der Waals surface area (Å²) in [4.78, 5) is 27.6. The lowest BCUT2D eigenvalue weighted by molar-refractivity contribution is 0.0669. The van der Waals surface area contributed by atoms with Gasteiger partial charge in [0.2, 0.25) is 5.43 Å². The van der Waals surface area contributed by atoms with Crippen LogP contribution in [-0.4, -0.2) is 64.3 Å². The molecule has 34 heavy (non-hydrogen) atoms. The Hall–Kier alpha value is -3.02. The minimum Gasteiger partial charge on any atom is -0.502 e. The molecule has 0 bridgehead atoms. The summed E-state index contributed by atoms with van der Waals surface area (Å²) < 4.78 is 20.8. The monoisotopic (exact) mass is 507 g/mol. The van der Waals surface area contributed by atoms with Gasteiger partial charge >= 0.3 is 0 Å². The maximum Gasteiger partial charge on any atom is 0.277 e. The van der Waals surface area contributed by atoms with E-state index in [0.29, 0.717) is 43.4 Å². The van der Waals surface area contributed by atoms with Crippen LogP contribution in [0, 0.1) is 5.82 Å². The van der Waals surface area contributed by atoms with Crippen LogP contribution in [0.25, 0.3) is 10.6 Å². The average molecular weight is 508 g/mol. The van der Waals surface area contributed by atoms with Crippen LogP contribution in [0.4, 0.5) is 4.39 Å². The second-order valence-electron chi connectivity index (χ2n) is 7.68. The molecule has 0 radical (unpaired) electrons. The predicted molar refractivity (Wildman–Crippen MR) is 127 cm³/mol. The van der Waals surface area contributed by atoms with E-state index in [2.05, 4.69) is 10.2 Å². The quantitative estimate of drug-likeness (QED) is 0.468. The number of rotatable bonds is 8. The van der Waals surface area contributed by atoms with Crippen molar-refractivity contribution in [1.29, 1.82) is 0 Å². The zero-order chi connectivity index (χ0) is 24.4. The van der Waals surface area contributed by atoms with Gasteiger partial charge in [0.15, 0.2) is 16.5 Å². The number of hydrogen-bond donors (Lipinski definition) is 1. The van der Waals surface area contributed by atoms with Gasteiger partial charge in [-0.05, 0) is 25.0 Å². The number of pyridine rings is 1. The normalized spacial score (nSPS) is 13.5. The Morgan fingerprint density at radius 2 is 2.09 bits per heavy atom. The Morgan fingerprint density at radius 3 is 2.82 bits per heavy atom. The van der Waals surface area contributed by atoms with Crippen molar-refractivity contribution in [2.24, 2.45) is 0 Å². The first kappa shape index (κ1) is 24.1. The van der Waals surface area contributed by atoms with Gasteiger partial charge in [0.25, 0.3) is 5.91 Å². The van der Waals surface area contributed by atoms with Crippen molar-refractivity contribution >= 4 is 28.8 Å². The van der Waals surface area contributed by atoms with Crippen molar-refractivity contribution in [2.45, 2.75) is 19.8 Å². The van der Waals surface area contributed by atoms with Gasteiger partial charge in [0, 0.05) is 39.4 Å². The topological polar surface area (TPSA) is 101 Å². The molecule has 0 unspecified atom stereocenters. The van der Waals surface area contributed by atoms with Crippen LogP contribution in [0.3, 0.4) is 0 Å². The molecule has 2 aromatic heterocycles. The first-order valence-corrected chi connectivity index (χ1v) is 11.8. The molecule has 1 aliphatic heterocycles. The van der Waals surface area contributed by atoms with E-state index in [4.69, 9.17) is 16.3 Å². The Balaban J connectivity index is 1.68. The van der Waals surface area contributed by atoms with Crippen LogP contribution >= 0.6 is 22.9 Å². The summed E-state index contributed by atoms with van der Waals surface area (Å²) in [5.41, 5.74) is -0.344. The number of ether oxygens (including phenoxy) is 1. The molecule has 0 aliphatic carbocycles. The number of aromatic nitrogens is 3. The van der Waals surface area contributed by atoms with E-state index in [-0.39, 0.29) is 27.7 Å². The fourth-order valence-corrected chi connectivity index (χ4v) is 4.81. The van der Waals surface area contributed by atoms with Crippen molar-refractivity contribution in [3.8, 4) is 16.3 Å². The number of amides is 1. The average Bonchev–Trinajstić information content (AvgIpc) is 3.28. The second kappa shape index (κ2) is 10.1. The number of benzene rings is 1. The molecular weight excluding hydrogens is 485 g/mol. The summed E-state index contributed by atoms with van der Waals surface area (Å²) in [6, 6.07) is 4.71. The number of methoxy groups -OCH3 is 1.